The van der Waals surface area contributed by atoms with Gasteiger partial charge in [-0.2, -0.15) is 0 Å². The Morgan fingerprint density at radius 1 is 0.944 bits per heavy atom. The monoisotopic (exact) mass is 256 g/mol. The Labute approximate surface area is 111 Å². The van der Waals surface area contributed by atoms with Crippen LogP contribution in [0.25, 0.3) is 0 Å². The fourth-order valence-corrected chi connectivity index (χ4v) is 1.93. The van der Waals surface area contributed by atoms with Crippen LogP contribution >= 0.6 is 0 Å². The van der Waals surface area contributed by atoms with Gasteiger partial charge in [-0.15, -0.1) is 0 Å². The summed E-state index contributed by atoms with van der Waals surface area (Å²) in [5, 5.41) is 8.40. The van der Waals surface area contributed by atoms with E-state index in [0.717, 1.165) is 19.4 Å². The summed E-state index contributed by atoms with van der Waals surface area (Å²) >= 11 is 0. The van der Waals surface area contributed by atoms with E-state index in [1.807, 2.05) is 0 Å². The van der Waals surface area contributed by atoms with Gasteiger partial charge < -0.3 is 9.84 Å². The summed E-state index contributed by atoms with van der Waals surface area (Å²) in [6, 6.07) is 0. The molecule has 0 aliphatic carbocycles. The summed E-state index contributed by atoms with van der Waals surface area (Å²) in [5.74, 6) is -0.844. The third kappa shape index (κ3) is 15.2. The first kappa shape index (κ1) is 17.2. The van der Waals surface area contributed by atoms with Gasteiger partial charge in [0.15, 0.2) is 0 Å². The highest BCUT2D eigenvalue weighted by Gasteiger charge is 1.92. The summed E-state index contributed by atoms with van der Waals surface area (Å²) in [4.78, 5) is 10.2. The SMILES string of the molecule is COCCCCCCCCCCCC=CC(=O)O. The molecule has 0 unspecified atom stereocenters. The normalized spacial score (nSPS) is 11.2. The first-order valence-electron chi connectivity index (χ1n) is 7.15. The number of carboxylic acid groups (broad SMARTS) is 1. The molecule has 106 valence electrons. The molecule has 0 aliphatic rings. The quantitative estimate of drug-likeness (QED) is 0.397. The van der Waals surface area contributed by atoms with Crippen LogP contribution in [-0.2, 0) is 9.53 Å². The minimum atomic E-state index is -0.844. The van der Waals surface area contributed by atoms with Crippen molar-refractivity contribution in [1.82, 2.24) is 0 Å². The Kier molecular flexibility index (Phi) is 13.6. The van der Waals surface area contributed by atoms with Gasteiger partial charge in [-0.05, 0) is 19.3 Å². The van der Waals surface area contributed by atoms with Gasteiger partial charge in [0.2, 0.25) is 0 Å². The lowest BCUT2D eigenvalue weighted by Gasteiger charge is -2.01. The number of aliphatic carboxylic acids is 1. The van der Waals surface area contributed by atoms with Crippen molar-refractivity contribution < 1.29 is 14.6 Å². The summed E-state index contributed by atoms with van der Waals surface area (Å²) in [6.45, 7) is 0.893. The third-order valence-electron chi connectivity index (χ3n) is 2.98. The smallest absolute Gasteiger partial charge is 0.327 e. The zero-order valence-corrected chi connectivity index (χ0v) is 11.7. The molecule has 0 spiro atoms. The van der Waals surface area contributed by atoms with Crippen molar-refractivity contribution in [3.63, 3.8) is 0 Å². The first-order valence-corrected chi connectivity index (χ1v) is 7.15. The largest absolute Gasteiger partial charge is 0.478 e. The molecule has 0 aromatic heterocycles. The second-order valence-corrected chi connectivity index (χ2v) is 4.70. The van der Waals surface area contributed by atoms with Crippen molar-refractivity contribution in [2.24, 2.45) is 0 Å². The van der Waals surface area contributed by atoms with E-state index >= 15 is 0 Å². The van der Waals surface area contributed by atoms with Crippen molar-refractivity contribution in [3.8, 4) is 0 Å². The zero-order valence-electron chi connectivity index (χ0n) is 11.7. The predicted molar refractivity (Wildman–Crippen MR) is 74.8 cm³/mol. The van der Waals surface area contributed by atoms with Gasteiger partial charge in [0.25, 0.3) is 0 Å². The molecule has 0 aromatic carbocycles. The number of hydrogen-bond donors (Lipinski definition) is 1. The maximum atomic E-state index is 10.2. The average molecular weight is 256 g/mol. The van der Waals surface area contributed by atoms with Crippen LogP contribution in [0.5, 0.6) is 0 Å². The van der Waals surface area contributed by atoms with Gasteiger partial charge in [-0.25, -0.2) is 4.79 Å². The first-order chi connectivity index (χ1) is 8.77. The minimum absolute atomic E-state index is 0.844. The van der Waals surface area contributed by atoms with Gasteiger partial charge in [-0.3, -0.25) is 0 Å². The van der Waals surface area contributed by atoms with Gasteiger partial charge in [0, 0.05) is 19.8 Å². The molecule has 0 radical (unpaired) electrons. The van der Waals surface area contributed by atoms with Crippen LogP contribution in [0.15, 0.2) is 12.2 Å². The van der Waals surface area contributed by atoms with E-state index in [2.05, 4.69) is 0 Å². The van der Waals surface area contributed by atoms with Crippen molar-refractivity contribution in [1.29, 1.82) is 0 Å². The topological polar surface area (TPSA) is 46.5 Å². The third-order valence-corrected chi connectivity index (χ3v) is 2.98. The van der Waals surface area contributed by atoms with Crippen LogP contribution in [0.3, 0.4) is 0 Å². The molecule has 0 aliphatic heterocycles. The Hall–Kier alpha value is -0.830. The molecule has 0 saturated carbocycles. The van der Waals surface area contributed by atoms with E-state index in [9.17, 15) is 4.79 Å². The molecule has 0 heterocycles. The van der Waals surface area contributed by atoms with Crippen LogP contribution in [-0.4, -0.2) is 24.8 Å². The van der Waals surface area contributed by atoms with Crippen LogP contribution in [0.1, 0.15) is 64.2 Å². The Morgan fingerprint density at radius 2 is 1.44 bits per heavy atom. The maximum absolute atomic E-state index is 10.2. The Balaban J connectivity index is 3.01. The number of methoxy groups -OCH3 is 1. The molecule has 18 heavy (non-hydrogen) atoms. The molecule has 0 fully saturated rings. The number of carbonyl (C=O) groups is 1. The van der Waals surface area contributed by atoms with Gasteiger partial charge in [0.05, 0.1) is 0 Å². The van der Waals surface area contributed by atoms with Crippen LogP contribution < -0.4 is 0 Å². The van der Waals surface area contributed by atoms with Crippen molar-refractivity contribution in [2.75, 3.05) is 13.7 Å². The number of carboxylic acids is 1. The van der Waals surface area contributed by atoms with E-state index in [4.69, 9.17) is 9.84 Å². The molecule has 0 aromatic rings. The van der Waals surface area contributed by atoms with E-state index in [-0.39, 0.29) is 0 Å². The predicted octanol–water partition coefficient (Wildman–Crippen LogP) is 4.17. The molecule has 0 amide bonds. The second kappa shape index (κ2) is 14.2. The van der Waals surface area contributed by atoms with E-state index in [1.165, 1.54) is 57.4 Å². The Bertz CT molecular complexity index is 212. The zero-order chi connectivity index (χ0) is 13.5. The van der Waals surface area contributed by atoms with E-state index in [1.54, 1.807) is 13.2 Å². The summed E-state index contributed by atoms with van der Waals surface area (Å²) in [5.41, 5.74) is 0. The maximum Gasteiger partial charge on any atom is 0.327 e. The Morgan fingerprint density at radius 3 is 1.94 bits per heavy atom. The van der Waals surface area contributed by atoms with E-state index in [0.29, 0.717) is 0 Å². The lowest BCUT2D eigenvalue weighted by Crippen LogP contribution is -1.88. The molecule has 3 heteroatoms. The summed E-state index contributed by atoms with van der Waals surface area (Å²) in [7, 11) is 1.76. The highest BCUT2D eigenvalue weighted by atomic mass is 16.5. The number of unbranched alkanes of at least 4 members (excludes halogenated alkanes) is 9. The molecule has 0 rings (SSSR count). The number of hydrogen-bond acceptors (Lipinski definition) is 2. The highest BCUT2D eigenvalue weighted by Crippen LogP contribution is 2.10. The number of rotatable bonds is 13. The number of allylic oxidation sites excluding steroid dienone is 1. The molecule has 1 N–H and O–H groups in total. The van der Waals surface area contributed by atoms with Crippen molar-refractivity contribution in [3.05, 3.63) is 12.2 Å². The van der Waals surface area contributed by atoms with Crippen LogP contribution in [0, 0.1) is 0 Å². The van der Waals surface area contributed by atoms with Crippen molar-refractivity contribution >= 4 is 5.97 Å². The average Bonchev–Trinajstić information content (AvgIpc) is 2.34. The lowest BCUT2D eigenvalue weighted by atomic mass is 10.1. The molecular weight excluding hydrogens is 228 g/mol. The lowest BCUT2D eigenvalue weighted by molar-refractivity contribution is -0.131. The molecule has 0 bridgehead atoms. The van der Waals surface area contributed by atoms with E-state index < -0.39 is 5.97 Å². The molecule has 0 atom stereocenters. The second-order valence-electron chi connectivity index (χ2n) is 4.70. The van der Waals surface area contributed by atoms with Crippen molar-refractivity contribution in [2.45, 2.75) is 64.2 Å². The van der Waals surface area contributed by atoms with Gasteiger partial charge in [0.1, 0.15) is 0 Å². The molecule has 3 nitrogen and oxygen atoms in total. The summed E-state index contributed by atoms with van der Waals surface area (Å²) in [6.07, 6.45) is 15.3. The highest BCUT2D eigenvalue weighted by molar-refractivity contribution is 5.79. The fraction of sp³-hybridized carbons (Fsp3) is 0.800. The van der Waals surface area contributed by atoms with Crippen LogP contribution in [0.4, 0.5) is 0 Å². The number of ether oxygens (including phenoxy) is 1. The van der Waals surface area contributed by atoms with Crippen LogP contribution in [0.2, 0.25) is 0 Å². The fourth-order valence-electron chi connectivity index (χ4n) is 1.93. The summed E-state index contributed by atoms with van der Waals surface area (Å²) < 4.78 is 5.01. The molecular formula is C15H28O3. The minimum Gasteiger partial charge on any atom is -0.478 e. The standard InChI is InChI=1S/C15H28O3/c1-18-14-12-10-8-6-4-2-3-5-7-9-11-13-15(16)17/h11,13H,2-10,12,14H2,1H3,(H,16,17). The van der Waals surface area contributed by atoms with Gasteiger partial charge in [-0.1, -0.05) is 51.0 Å². The van der Waals surface area contributed by atoms with Gasteiger partial charge >= 0.3 is 5.97 Å². The molecule has 0 saturated heterocycles.